The smallest absolute Gasteiger partial charge is 0.463 e. The Kier molecular flexibility index (Phi) is 8.57. The summed E-state index contributed by atoms with van der Waals surface area (Å²) in [4.78, 5) is 20.9. The molecule has 0 fully saturated rings. The van der Waals surface area contributed by atoms with Gasteiger partial charge in [0.05, 0.1) is 13.2 Å². The van der Waals surface area contributed by atoms with E-state index < -0.39 is 19.8 Å². The number of carbonyl (C=O) groups is 2. The van der Waals surface area contributed by atoms with Crippen LogP contribution in [0.25, 0.3) is 0 Å². The summed E-state index contributed by atoms with van der Waals surface area (Å²) in [5, 5.41) is 0. The van der Waals surface area contributed by atoms with Gasteiger partial charge in [-0.3, -0.25) is 23.2 Å². The maximum absolute atomic E-state index is 11.7. The molecule has 0 bridgehead atoms. The Morgan fingerprint density at radius 3 is 1.56 bits per heavy atom. The van der Waals surface area contributed by atoms with Gasteiger partial charge in [0.1, 0.15) is 13.2 Å². The number of esters is 2. The third-order valence-corrected chi connectivity index (χ3v) is 2.94. The van der Waals surface area contributed by atoms with Gasteiger partial charge in [0.15, 0.2) is 0 Å². The van der Waals surface area contributed by atoms with Crippen molar-refractivity contribution in [2.24, 2.45) is 0 Å². The topological polar surface area (TPSA) is 97.4 Å². The maximum Gasteiger partial charge on any atom is 0.474 e. The molecule has 0 aliphatic carbocycles. The highest BCUT2D eigenvalue weighted by Gasteiger charge is 2.24. The molecular weight excluding hydrogens is 267 g/mol. The van der Waals surface area contributed by atoms with E-state index in [1.807, 2.05) is 0 Å². The van der Waals surface area contributed by atoms with Gasteiger partial charge in [0.25, 0.3) is 0 Å². The minimum absolute atomic E-state index is 0.0595. The largest absolute Gasteiger partial charge is 0.474 e. The monoisotopic (exact) mass is 284 g/mol. The lowest BCUT2D eigenvalue weighted by Gasteiger charge is -2.15. The van der Waals surface area contributed by atoms with Gasteiger partial charge in [-0.25, -0.2) is 4.57 Å². The van der Waals surface area contributed by atoms with Crippen molar-refractivity contribution in [3.8, 4) is 0 Å². The lowest BCUT2D eigenvalue weighted by Crippen LogP contribution is -2.11. The van der Waals surface area contributed by atoms with Crippen LogP contribution < -0.4 is 0 Å². The molecule has 0 unspecified atom stereocenters. The van der Waals surface area contributed by atoms with Gasteiger partial charge in [-0.2, -0.15) is 0 Å². The molecule has 0 aromatic rings. The van der Waals surface area contributed by atoms with Gasteiger partial charge >= 0.3 is 19.8 Å². The standard InChI is InChI=1S/C9H17O8P/c1-8(10)14-4-6-16-18(12,13-3)17-7-5-15-9(2)11/h4-7H2,1-3H3. The van der Waals surface area contributed by atoms with Crippen LogP contribution in [0, 0.1) is 0 Å². The molecule has 9 heteroatoms. The van der Waals surface area contributed by atoms with Crippen LogP contribution in [0.15, 0.2) is 0 Å². The molecule has 0 heterocycles. The maximum atomic E-state index is 11.7. The molecule has 8 nitrogen and oxygen atoms in total. The zero-order chi connectivity index (χ0) is 14.0. The first-order valence-corrected chi connectivity index (χ1v) is 6.57. The molecular formula is C9H17O8P. The summed E-state index contributed by atoms with van der Waals surface area (Å²) >= 11 is 0. The molecule has 0 aromatic carbocycles. The third-order valence-electron chi connectivity index (χ3n) is 1.50. The van der Waals surface area contributed by atoms with Crippen LogP contribution in [0.3, 0.4) is 0 Å². The quantitative estimate of drug-likeness (QED) is 0.350. The molecule has 106 valence electrons. The second-order valence-electron chi connectivity index (χ2n) is 2.98. The van der Waals surface area contributed by atoms with Gasteiger partial charge in [0.2, 0.25) is 0 Å². The summed E-state index contributed by atoms with van der Waals surface area (Å²) in [5.74, 6) is -0.941. The Morgan fingerprint density at radius 2 is 1.28 bits per heavy atom. The number of ether oxygens (including phenoxy) is 2. The molecule has 0 rings (SSSR count). The summed E-state index contributed by atoms with van der Waals surface area (Å²) < 4.78 is 35.1. The van der Waals surface area contributed by atoms with Crippen molar-refractivity contribution in [1.82, 2.24) is 0 Å². The van der Waals surface area contributed by atoms with E-state index in [-0.39, 0.29) is 26.4 Å². The van der Waals surface area contributed by atoms with Crippen molar-refractivity contribution in [1.29, 1.82) is 0 Å². The van der Waals surface area contributed by atoms with Gasteiger partial charge in [-0.15, -0.1) is 0 Å². The number of hydrogen-bond acceptors (Lipinski definition) is 8. The normalized spacial score (nSPS) is 11.1. The first-order valence-electron chi connectivity index (χ1n) is 5.11. The van der Waals surface area contributed by atoms with Crippen molar-refractivity contribution >= 4 is 19.8 Å². The summed E-state index contributed by atoms with van der Waals surface area (Å²) in [6, 6.07) is 0. The van der Waals surface area contributed by atoms with Crippen molar-refractivity contribution in [3.63, 3.8) is 0 Å². The third kappa shape index (κ3) is 9.12. The van der Waals surface area contributed by atoms with Gasteiger partial charge < -0.3 is 9.47 Å². The summed E-state index contributed by atoms with van der Waals surface area (Å²) in [6.45, 7) is 2.11. The zero-order valence-corrected chi connectivity index (χ0v) is 11.4. The minimum atomic E-state index is -3.70. The first kappa shape index (κ1) is 17.1. The van der Waals surface area contributed by atoms with E-state index in [9.17, 15) is 14.2 Å². The minimum Gasteiger partial charge on any atom is -0.463 e. The van der Waals surface area contributed by atoms with E-state index in [1.165, 1.54) is 13.8 Å². The average Bonchev–Trinajstić information content (AvgIpc) is 2.30. The van der Waals surface area contributed by atoms with Crippen LogP contribution >= 0.6 is 7.82 Å². The van der Waals surface area contributed by atoms with Crippen molar-refractivity contribution in [3.05, 3.63) is 0 Å². The van der Waals surface area contributed by atoms with Crippen LogP contribution in [-0.2, 0) is 37.2 Å². The van der Waals surface area contributed by atoms with E-state index in [2.05, 4.69) is 14.0 Å². The van der Waals surface area contributed by atoms with Gasteiger partial charge in [-0.1, -0.05) is 0 Å². The fraction of sp³-hybridized carbons (Fsp3) is 0.778. The fourth-order valence-electron chi connectivity index (χ4n) is 0.812. The molecule has 0 radical (unpaired) electrons. The summed E-state index contributed by atoms with van der Waals surface area (Å²) in [7, 11) is -2.55. The molecule has 18 heavy (non-hydrogen) atoms. The van der Waals surface area contributed by atoms with Crippen molar-refractivity contribution < 1.29 is 37.2 Å². The number of phosphoric acid groups is 1. The van der Waals surface area contributed by atoms with Crippen LogP contribution in [-0.4, -0.2) is 45.5 Å². The van der Waals surface area contributed by atoms with E-state index in [0.717, 1.165) is 7.11 Å². The Bertz CT molecular complexity index is 290. The van der Waals surface area contributed by atoms with E-state index in [1.54, 1.807) is 0 Å². The molecule has 0 saturated heterocycles. The molecule has 0 amide bonds. The Labute approximate surface area is 105 Å². The highest BCUT2D eigenvalue weighted by Crippen LogP contribution is 2.48. The number of carbonyl (C=O) groups excluding carboxylic acids is 2. The van der Waals surface area contributed by atoms with Crippen molar-refractivity contribution in [2.45, 2.75) is 13.8 Å². The number of hydrogen-bond donors (Lipinski definition) is 0. The molecule has 0 N–H and O–H groups in total. The molecule has 0 spiro atoms. The highest BCUT2D eigenvalue weighted by molar-refractivity contribution is 7.48. The fourth-order valence-corrected chi connectivity index (χ4v) is 1.69. The molecule has 0 atom stereocenters. The molecule has 0 saturated carbocycles. The number of phosphoric ester groups is 1. The number of rotatable bonds is 9. The molecule has 0 aliphatic rings. The summed E-state index contributed by atoms with van der Waals surface area (Å²) in [5.41, 5.74) is 0. The Balaban J connectivity index is 3.84. The van der Waals surface area contributed by atoms with E-state index >= 15 is 0 Å². The predicted octanol–water partition coefficient (Wildman–Crippen LogP) is 0.900. The first-order chi connectivity index (χ1) is 8.39. The highest BCUT2D eigenvalue weighted by atomic mass is 31.2. The molecule has 0 aliphatic heterocycles. The predicted molar refractivity (Wildman–Crippen MR) is 59.8 cm³/mol. The second-order valence-corrected chi connectivity index (χ2v) is 4.75. The van der Waals surface area contributed by atoms with Gasteiger partial charge in [-0.05, 0) is 0 Å². The van der Waals surface area contributed by atoms with Crippen molar-refractivity contribution in [2.75, 3.05) is 33.5 Å². The van der Waals surface area contributed by atoms with E-state index in [4.69, 9.17) is 9.05 Å². The summed E-state index contributed by atoms with van der Waals surface area (Å²) in [6.07, 6.45) is 0. The second kappa shape index (κ2) is 9.04. The van der Waals surface area contributed by atoms with Crippen LogP contribution in [0.1, 0.15) is 13.8 Å². The van der Waals surface area contributed by atoms with Crippen LogP contribution in [0.4, 0.5) is 0 Å². The zero-order valence-electron chi connectivity index (χ0n) is 10.5. The Hall–Kier alpha value is -0.950. The SMILES string of the molecule is COP(=O)(OCCOC(C)=O)OCCOC(C)=O. The lowest BCUT2D eigenvalue weighted by molar-refractivity contribution is -0.142. The van der Waals surface area contributed by atoms with E-state index in [0.29, 0.717) is 0 Å². The Morgan fingerprint density at radius 1 is 0.889 bits per heavy atom. The van der Waals surface area contributed by atoms with Crippen LogP contribution in [0.5, 0.6) is 0 Å². The average molecular weight is 284 g/mol. The molecule has 0 aromatic heterocycles. The van der Waals surface area contributed by atoms with Gasteiger partial charge in [0, 0.05) is 21.0 Å². The van der Waals surface area contributed by atoms with Crippen LogP contribution in [0.2, 0.25) is 0 Å². The lowest BCUT2D eigenvalue weighted by atomic mass is 10.7.